The Morgan fingerprint density at radius 2 is 2.13 bits per heavy atom. The molecule has 0 saturated carbocycles. The van der Waals surface area contributed by atoms with Gasteiger partial charge in [-0.15, -0.1) is 16.4 Å². The summed E-state index contributed by atoms with van der Waals surface area (Å²) < 4.78 is 1.85. The fourth-order valence-corrected chi connectivity index (χ4v) is 4.63. The minimum absolute atomic E-state index is 0.709. The van der Waals surface area contributed by atoms with Gasteiger partial charge in [0.05, 0.1) is 10.9 Å². The second kappa shape index (κ2) is 4.83. The lowest BCUT2D eigenvalue weighted by atomic mass is 9.88. The molecule has 1 aliphatic carbocycles. The summed E-state index contributed by atoms with van der Waals surface area (Å²) in [7, 11) is 0. The number of benzene rings is 1. The molecule has 0 spiro atoms. The highest BCUT2D eigenvalue weighted by Gasteiger charge is 2.24. The Bertz CT molecular complexity index is 1030. The second-order valence-electron chi connectivity index (χ2n) is 6.22. The summed E-state index contributed by atoms with van der Waals surface area (Å²) in [6, 6.07) is 7.99. The van der Waals surface area contributed by atoms with Crippen LogP contribution in [0.5, 0.6) is 0 Å². The van der Waals surface area contributed by atoms with Crippen molar-refractivity contribution in [2.75, 3.05) is 0 Å². The van der Waals surface area contributed by atoms with Crippen molar-refractivity contribution in [1.82, 2.24) is 25.0 Å². The Morgan fingerprint density at radius 3 is 3.09 bits per heavy atom. The van der Waals surface area contributed by atoms with Crippen LogP contribution in [0.1, 0.15) is 23.8 Å². The Hall–Kier alpha value is -2.34. The molecule has 0 fully saturated rings. The molecule has 1 aliphatic rings. The molecule has 1 unspecified atom stereocenters. The third-order valence-corrected chi connectivity index (χ3v) is 5.82. The van der Waals surface area contributed by atoms with Gasteiger partial charge in [0, 0.05) is 4.88 Å². The average molecular weight is 321 g/mol. The van der Waals surface area contributed by atoms with Gasteiger partial charge in [0.2, 0.25) is 0 Å². The highest BCUT2D eigenvalue weighted by Crippen LogP contribution is 2.39. The van der Waals surface area contributed by atoms with Gasteiger partial charge in [-0.2, -0.15) is 4.68 Å². The maximum Gasteiger partial charge on any atom is 0.168 e. The number of hydrogen-bond donors (Lipinski definition) is 0. The molecule has 23 heavy (non-hydrogen) atoms. The molecular weight excluding hydrogens is 306 g/mol. The number of aromatic nitrogens is 5. The first-order valence-electron chi connectivity index (χ1n) is 7.87. The van der Waals surface area contributed by atoms with Crippen LogP contribution >= 0.6 is 11.3 Å². The lowest BCUT2D eigenvalue weighted by Crippen LogP contribution is -2.10. The van der Waals surface area contributed by atoms with E-state index in [1.165, 1.54) is 16.9 Å². The SMILES string of the molecule is CC1CCc2sc3ncnc(-n4nnc5ccccc54)c3c2C1. The summed E-state index contributed by atoms with van der Waals surface area (Å²) in [6.07, 6.45) is 5.14. The van der Waals surface area contributed by atoms with Gasteiger partial charge in [0.15, 0.2) is 5.82 Å². The maximum atomic E-state index is 4.56. The molecule has 0 radical (unpaired) electrons. The van der Waals surface area contributed by atoms with Crippen molar-refractivity contribution in [3.05, 3.63) is 41.0 Å². The largest absolute Gasteiger partial charge is 0.225 e. The molecule has 1 atom stereocenters. The number of rotatable bonds is 1. The number of nitrogens with zero attached hydrogens (tertiary/aromatic N) is 5. The molecule has 114 valence electrons. The molecule has 6 heteroatoms. The first-order valence-corrected chi connectivity index (χ1v) is 8.69. The predicted molar refractivity (Wildman–Crippen MR) is 91.0 cm³/mol. The van der Waals surface area contributed by atoms with Crippen LogP contribution in [0.25, 0.3) is 27.1 Å². The quantitative estimate of drug-likeness (QED) is 0.538. The minimum Gasteiger partial charge on any atom is -0.225 e. The monoisotopic (exact) mass is 321 g/mol. The van der Waals surface area contributed by atoms with E-state index in [1.807, 2.05) is 28.9 Å². The van der Waals surface area contributed by atoms with E-state index >= 15 is 0 Å². The molecule has 3 aromatic heterocycles. The number of aryl methyl sites for hydroxylation is 1. The Balaban J connectivity index is 1.83. The highest BCUT2D eigenvalue weighted by molar-refractivity contribution is 7.18. The summed E-state index contributed by atoms with van der Waals surface area (Å²) in [5.41, 5.74) is 3.28. The molecule has 1 aromatic carbocycles. The molecule has 0 amide bonds. The summed E-state index contributed by atoms with van der Waals surface area (Å²) >= 11 is 1.81. The Kier molecular flexibility index (Phi) is 2.76. The van der Waals surface area contributed by atoms with Gasteiger partial charge in [-0.25, -0.2) is 9.97 Å². The van der Waals surface area contributed by atoms with Crippen LogP contribution in [0.3, 0.4) is 0 Å². The van der Waals surface area contributed by atoms with E-state index in [0.717, 1.165) is 39.9 Å². The summed E-state index contributed by atoms with van der Waals surface area (Å²) in [5, 5.41) is 9.78. The highest BCUT2D eigenvalue weighted by atomic mass is 32.1. The first-order chi connectivity index (χ1) is 11.3. The van der Waals surface area contributed by atoms with Crippen molar-refractivity contribution in [3.8, 4) is 5.82 Å². The van der Waals surface area contributed by atoms with E-state index in [9.17, 15) is 0 Å². The van der Waals surface area contributed by atoms with E-state index in [1.54, 1.807) is 17.7 Å². The summed E-state index contributed by atoms with van der Waals surface area (Å²) in [4.78, 5) is 11.6. The first kappa shape index (κ1) is 13.1. The van der Waals surface area contributed by atoms with Crippen LogP contribution in [0.2, 0.25) is 0 Å². The fourth-order valence-electron chi connectivity index (χ4n) is 3.45. The molecule has 4 aromatic rings. The van der Waals surface area contributed by atoms with Crippen molar-refractivity contribution in [2.45, 2.75) is 26.2 Å². The zero-order chi connectivity index (χ0) is 15.4. The van der Waals surface area contributed by atoms with Crippen LogP contribution in [0.15, 0.2) is 30.6 Å². The molecule has 0 saturated heterocycles. The molecule has 5 nitrogen and oxygen atoms in total. The molecule has 0 N–H and O–H groups in total. The molecule has 3 heterocycles. The number of para-hydroxylation sites is 1. The molecular formula is C17H15N5S. The third kappa shape index (κ3) is 1.91. The number of fused-ring (bicyclic) bond motifs is 4. The molecule has 5 rings (SSSR count). The minimum atomic E-state index is 0.709. The van der Waals surface area contributed by atoms with Crippen molar-refractivity contribution in [3.63, 3.8) is 0 Å². The van der Waals surface area contributed by atoms with Crippen LogP contribution in [-0.4, -0.2) is 25.0 Å². The van der Waals surface area contributed by atoms with Gasteiger partial charge in [-0.1, -0.05) is 24.3 Å². The standard InChI is InChI=1S/C17H15N5S/c1-10-6-7-14-11(8-10)15-16(18-9-19-17(15)23-14)22-13-5-3-2-4-12(13)20-21-22/h2-5,9-10H,6-8H2,1H3. The van der Waals surface area contributed by atoms with E-state index in [-0.39, 0.29) is 0 Å². The van der Waals surface area contributed by atoms with Gasteiger partial charge in [-0.05, 0) is 42.9 Å². The zero-order valence-corrected chi connectivity index (χ0v) is 13.5. The van der Waals surface area contributed by atoms with E-state index in [0.29, 0.717) is 5.92 Å². The van der Waals surface area contributed by atoms with Gasteiger partial charge in [-0.3, -0.25) is 0 Å². The van der Waals surface area contributed by atoms with E-state index in [2.05, 4.69) is 27.2 Å². The van der Waals surface area contributed by atoms with Crippen LogP contribution in [0, 0.1) is 5.92 Å². The summed E-state index contributed by atoms with van der Waals surface area (Å²) in [5.74, 6) is 1.57. The van der Waals surface area contributed by atoms with Gasteiger partial charge >= 0.3 is 0 Å². The van der Waals surface area contributed by atoms with Crippen molar-refractivity contribution >= 4 is 32.6 Å². The van der Waals surface area contributed by atoms with E-state index < -0.39 is 0 Å². The van der Waals surface area contributed by atoms with Crippen LogP contribution < -0.4 is 0 Å². The predicted octanol–water partition coefficient (Wildman–Crippen LogP) is 3.55. The maximum absolute atomic E-state index is 4.56. The zero-order valence-electron chi connectivity index (χ0n) is 12.7. The number of thiophene rings is 1. The van der Waals surface area contributed by atoms with Gasteiger partial charge in [0.25, 0.3) is 0 Å². The normalized spacial score (nSPS) is 17.7. The second-order valence-corrected chi connectivity index (χ2v) is 7.30. The lowest BCUT2D eigenvalue weighted by molar-refractivity contribution is 0.508. The summed E-state index contributed by atoms with van der Waals surface area (Å²) in [6.45, 7) is 2.32. The van der Waals surface area contributed by atoms with Crippen LogP contribution in [0.4, 0.5) is 0 Å². The Morgan fingerprint density at radius 1 is 1.22 bits per heavy atom. The lowest BCUT2D eigenvalue weighted by Gasteiger charge is -2.18. The van der Waals surface area contributed by atoms with Crippen molar-refractivity contribution in [1.29, 1.82) is 0 Å². The Labute approximate surface area is 137 Å². The smallest absolute Gasteiger partial charge is 0.168 e. The number of hydrogen-bond acceptors (Lipinski definition) is 5. The van der Waals surface area contributed by atoms with Crippen molar-refractivity contribution in [2.24, 2.45) is 5.92 Å². The molecule has 0 bridgehead atoms. The third-order valence-electron chi connectivity index (χ3n) is 4.62. The fraction of sp³-hybridized carbons (Fsp3) is 0.294. The van der Waals surface area contributed by atoms with Gasteiger partial charge < -0.3 is 0 Å². The van der Waals surface area contributed by atoms with Crippen molar-refractivity contribution < 1.29 is 0 Å². The average Bonchev–Trinajstić information content (AvgIpc) is 3.15. The topological polar surface area (TPSA) is 56.5 Å². The molecule has 0 aliphatic heterocycles. The van der Waals surface area contributed by atoms with Crippen LogP contribution in [-0.2, 0) is 12.8 Å². The van der Waals surface area contributed by atoms with E-state index in [4.69, 9.17) is 0 Å². The van der Waals surface area contributed by atoms with Gasteiger partial charge in [0.1, 0.15) is 16.7 Å².